The third-order valence-corrected chi connectivity index (χ3v) is 16.9. The molecule has 0 aliphatic heterocycles. The minimum absolute atomic E-state index is 1.12. The summed E-state index contributed by atoms with van der Waals surface area (Å²) in [6.07, 6.45) is 0. The fourth-order valence-electron chi connectivity index (χ4n) is 13.0. The molecule has 0 aromatic heterocycles. The lowest BCUT2D eigenvalue weighted by Crippen LogP contribution is -2.11. The van der Waals surface area contributed by atoms with Crippen molar-refractivity contribution in [3.05, 3.63) is 273 Å². The third kappa shape index (κ3) is 10.9. The van der Waals surface area contributed by atoms with Gasteiger partial charge in [-0.2, -0.15) is 0 Å². The van der Waals surface area contributed by atoms with Crippen LogP contribution in [0.1, 0.15) is 66.8 Å². The summed E-state index contributed by atoms with van der Waals surface area (Å²) in [6.45, 7) is 26.7. The number of anilines is 6. The van der Waals surface area contributed by atoms with E-state index in [1.54, 1.807) is 0 Å². The van der Waals surface area contributed by atoms with Crippen LogP contribution in [0.15, 0.2) is 206 Å². The molecule has 0 bridgehead atoms. The molecule has 4 heteroatoms. The minimum atomic E-state index is 1.12. The molecule has 0 aliphatic rings. The molecule has 0 amide bonds. The summed E-state index contributed by atoms with van der Waals surface area (Å²) in [4.78, 5) is 4.83. The summed E-state index contributed by atoms with van der Waals surface area (Å²) >= 11 is 0. The predicted octanol–water partition coefficient (Wildman–Crippen LogP) is 18.8. The summed E-state index contributed by atoms with van der Waals surface area (Å²) in [5.74, 6) is 0. The van der Waals surface area contributed by atoms with Crippen LogP contribution in [0.5, 0.6) is 0 Å². The predicted molar refractivity (Wildman–Crippen MR) is 362 cm³/mol. The zero-order valence-corrected chi connectivity index (χ0v) is 50.5. The molecule has 0 unspecified atom stereocenters. The van der Waals surface area contributed by atoms with Crippen LogP contribution in [0.3, 0.4) is 0 Å². The highest BCUT2D eigenvalue weighted by atomic mass is 15.1. The van der Waals surface area contributed by atoms with E-state index in [1.165, 1.54) is 144 Å². The maximum absolute atomic E-state index is 2.42. The Morgan fingerprint density at radius 1 is 0.207 bits per heavy atom. The van der Waals surface area contributed by atoms with Gasteiger partial charge in [0, 0.05) is 34.1 Å². The minimum Gasteiger partial charge on any atom is -0.310 e. The summed E-state index contributed by atoms with van der Waals surface area (Å²) < 4.78 is 0. The molecule has 11 aromatic carbocycles. The molecule has 2 nitrogen and oxygen atoms in total. The maximum atomic E-state index is 2.42. The standard InChI is InChI=1S/C78H74B2N2/c1-47-13-17-59(18-14-47)71-33-29-67(41-49(71)3)81(65-25-21-61(22-26-65)77-55(9)37-63(79)38-56(77)10)69-31-35-73(51(5)43-69)75-45-54(8)76(46-53(75)7)74-36-32-70(44-52(74)6)82(68-30-34-72(50(4)42-68)60-19-15-48(2)16-20-60)66-27-23-62(24-28-66)78-57(11)39-64(80)40-58(78)12/h13-46H,79-80H2,1-12H3. The van der Waals surface area contributed by atoms with E-state index in [-0.39, 0.29) is 0 Å². The van der Waals surface area contributed by atoms with Crippen molar-refractivity contribution < 1.29 is 0 Å². The lowest BCUT2D eigenvalue weighted by atomic mass is 9.87. The molecule has 0 N–H and O–H groups in total. The summed E-state index contributed by atoms with van der Waals surface area (Å²) in [7, 11) is 4.36. The summed E-state index contributed by atoms with van der Waals surface area (Å²) in [5, 5.41) is 0. The van der Waals surface area contributed by atoms with Crippen LogP contribution in [-0.4, -0.2) is 15.7 Å². The van der Waals surface area contributed by atoms with E-state index < -0.39 is 0 Å². The Labute approximate surface area is 490 Å². The van der Waals surface area contributed by atoms with Crippen LogP contribution in [0, 0.1) is 83.1 Å². The lowest BCUT2D eigenvalue weighted by Gasteiger charge is -2.28. The molecule has 402 valence electrons. The molecule has 0 atom stereocenters. The Bertz CT molecular complexity index is 3900. The number of hydrogen-bond acceptors (Lipinski definition) is 2. The van der Waals surface area contributed by atoms with Crippen LogP contribution in [-0.2, 0) is 0 Å². The second-order valence-corrected chi connectivity index (χ2v) is 23.5. The summed E-state index contributed by atoms with van der Waals surface area (Å²) in [5.41, 5.74) is 39.6. The Morgan fingerprint density at radius 2 is 0.451 bits per heavy atom. The normalized spacial score (nSPS) is 11.3. The average molecular weight is 1060 g/mol. The van der Waals surface area contributed by atoms with Crippen molar-refractivity contribution in [3.8, 4) is 66.8 Å². The maximum Gasteiger partial charge on any atom is 0.139 e. The number of rotatable bonds is 12. The van der Waals surface area contributed by atoms with Gasteiger partial charge < -0.3 is 9.80 Å². The SMILES string of the molecule is Bc1cc(C)c(-c2ccc(N(c3ccc(-c4ccc(C)cc4)c(C)c3)c3ccc(-c4cc(C)c(-c5ccc(N(c6ccc(-c7c(C)cc(B)cc7C)cc6)c6ccc(-c7ccc(C)cc7)c(C)c6)cc5C)cc4C)c(C)c3)cc2)c(C)c1. The van der Waals surface area contributed by atoms with E-state index in [0.29, 0.717) is 0 Å². The smallest absolute Gasteiger partial charge is 0.139 e. The number of aryl methyl sites for hydroxylation is 12. The molecule has 0 saturated carbocycles. The Hall–Kier alpha value is -8.85. The van der Waals surface area contributed by atoms with Gasteiger partial charge in [0.1, 0.15) is 15.7 Å². The van der Waals surface area contributed by atoms with E-state index in [4.69, 9.17) is 0 Å². The van der Waals surface area contributed by atoms with Gasteiger partial charge in [0.05, 0.1) is 0 Å². The second-order valence-electron chi connectivity index (χ2n) is 23.5. The van der Waals surface area contributed by atoms with E-state index in [9.17, 15) is 0 Å². The quantitative estimate of drug-likeness (QED) is 0.113. The summed E-state index contributed by atoms with van der Waals surface area (Å²) in [6, 6.07) is 77.8. The molecule has 0 radical (unpaired) electrons. The molecule has 0 aliphatic carbocycles. The Kier molecular flexibility index (Phi) is 15.2. The monoisotopic (exact) mass is 1060 g/mol. The van der Waals surface area contributed by atoms with Gasteiger partial charge >= 0.3 is 0 Å². The van der Waals surface area contributed by atoms with Crippen LogP contribution in [0.2, 0.25) is 0 Å². The highest BCUT2D eigenvalue weighted by Crippen LogP contribution is 2.44. The average Bonchev–Trinajstić information content (AvgIpc) is 2.87. The Balaban J connectivity index is 0.934. The zero-order chi connectivity index (χ0) is 57.7. The van der Waals surface area contributed by atoms with Gasteiger partial charge in [-0.05, 0) is 278 Å². The molecule has 11 rings (SSSR count). The molecular formula is C78H74B2N2. The van der Waals surface area contributed by atoms with Crippen molar-refractivity contribution in [2.24, 2.45) is 0 Å². The zero-order valence-electron chi connectivity index (χ0n) is 50.5. The largest absolute Gasteiger partial charge is 0.310 e. The van der Waals surface area contributed by atoms with Gasteiger partial charge in [0.15, 0.2) is 0 Å². The molecule has 11 aromatic rings. The fraction of sp³-hybridized carbons (Fsp3) is 0.154. The molecule has 0 fully saturated rings. The molecule has 0 spiro atoms. The van der Waals surface area contributed by atoms with Crippen molar-refractivity contribution >= 4 is 60.7 Å². The van der Waals surface area contributed by atoms with Crippen molar-refractivity contribution in [1.82, 2.24) is 0 Å². The first kappa shape index (κ1) is 55.1. The number of hydrogen-bond donors (Lipinski definition) is 0. The number of nitrogens with zero attached hydrogens (tertiary/aromatic N) is 2. The fourth-order valence-corrected chi connectivity index (χ4v) is 13.0. The highest BCUT2D eigenvalue weighted by molar-refractivity contribution is 6.33. The van der Waals surface area contributed by atoms with Gasteiger partial charge in [-0.1, -0.05) is 156 Å². The van der Waals surface area contributed by atoms with Crippen molar-refractivity contribution in [3.63, 3.8) is 0 Å². The van der Waals surface area contributed by atoms with Crippen LogP contribution in [0.25, 0.3) is 66.8 Å². The van der Waals surface area contributed by atoms with Crippen LogP contribution >= 0.6 is 0 Å². The lowest BCUT2D eigenvalue weighted by molar-refractivity contribution is 1.25. The molecule has 0 heterocycles. The number of benzene rings is 11. The van der Waals surface area contributed by atoms with Crippen molar-refractivity contribution in [2.75, 3.05) is 9.80 Å². The Morgan fingerprint density at radius 3 is 0.732 bits per heavy atom. The van der Waals surface area contributed by atoms with Crippen LogP contribution < -0.4 is 20.7 Å². The molecule has 0 saturated heterocycles. The van der Waals surface area contributed by atoms with Crippen molar-refractivity contribution in [1.29, 1.82) is 0 Å². The van der Waals surface area contributed by atoms with Crippen LogP contribution in [0.4, 0.5) is 34.1 Å². The van der Waals surface area contributed by atoms with Gasteiger partial charge in [0.2, 0.25) is 0 Å². The van der Waals surface area contributed by atoms with Gasteiger partial charge in [-0.15, -0.1) is 0 Å². The van der Waals surface area contributed by atoms with E-state index in [2.05, 4.69) is 315 Å². The first-order valence-electron chi connectivity index (χ1n) is 29.0. The first-order chi connectivity index (χ1) is 39.4. The molecule has 82 heavy (non-hydrogen) atoms. The van der Waals surface area contributed by atoms with E-state index in [1.807, 2.05) is 0 Å². The topological polar surface area (TPSA) is 6.48 Å². The first-order valence-corrected chi connectivity index (χ1v) is 29.0. The van der Waals surface area contributed by atoms with E-state index >= 15 is 0 Å². The van der Waals surface area contributed by atoms with Gasteiger partial charge in [-0.3, -0.25) is 0 Å². The van der Waals surface area contributed by atoms with E-state index in [0.717, 1.165) is 34.1 Å². The molecular weight excluding hydrogens is 986 g/mol. The van der Waals surface area contributed by atoms with Crippen molar-refractivity contribution in [2.45, 2.75) is 83.1 Å². The van der Waals surface area contributed by atoms with Gasteiger partial charge in [0.25, 0.3) is 0 Å². The van der Waals surface area contributed by atoms with Gasteiger partial charge in [-0.25, -0.2) is 0 Å². The highest BCUT2D eigenvalue weighted by Gasteiger charge is 2.21. The second kappa shape index (κ2) is 22.6. The third-order valence-electron chi connectivity index (χ3n) is 16.9.